The molecule has 4 heteroatoms. The number of halogens is 1. The van der Waals surface area contributed by atoms with Crippen molar-refractivity contribution in [3.8, 4) is 5.75 Å². The van der Waals surface area contributed by atoms with Crippen molar-refractivity contribution in [2.45, 2.75) is 6.92 Å². The van der Waals surface area contributed by atoms with Crippen molar-refractivity contribution < 1.29 is 9.13 Å². The second-order valence-electron chi connectivity index (χ2n) is 3.17. The Kier molecular flexibility index (Phi) is 3.17. The summed E-state index contributed by atoms with van der Waals surface area (Å²) in [6.45, 7) is 2.25. The molecule has 0 bridgehead atoms. The van der Waals surface area contributed by atoms with E-state index in [-0.39, 0.29) is 5.75 Å². The van der Waals surface area contributed by atoms with Crippen molar-refractivity contribution in [2.24, 2.45) is 0 Å². The Labute approximate surface area is 83.3 Å². The van der Waals surface area contributed by atoms with E-state index in [0.29, 0.717) is 12.3 Å². The Bertz CT molecular complexity index is 326. The molecule has 0 spiro atoms. The number of hydrogen-bond acceptors (Lipinski definition) is 3. The van der Waals surface area contributed by atoms with Gasteiger partial charge in [0, 0.05) is 26.2 Å². The van der Waals surface area contributed by atoms with E-state index >= 15 is 0 Å². The summed E-state index contributed by atoms with van der Waals surface area (Å²) < 4.78 is 18.4. The Morgan fingerprint density at radius 3 is 2.57 bits per heavy atom. The highest BCUT2D eigenvalue weighted by Crippen LogP contribution is 2.29. The van der Waals surface area contributed by atoms with Crippen LogP contribution < -0.4 is 15.4 Å². The van der Waals surface area contributed by atoms with Crippen LogP contribution in [0, 0.1) is 5.82 Å². The van der Waals surface area contributed by atoms with Crippen LogP contribution in [0.4, 0.5) is 15.8 Å². The quantitative estimate of drug-likeness (QED) is 0.753. The van der Waals surface area contributed by atoms with Crippen molar-refractivity contribution >= 4 is 11.4 Å². The topological polar surface area (TPSA) is 38.5 Å². The average molecular weight is 198 g/mol. The minimum absolute atomic E-state index is 0.241. The van der Waals surface area contributed by atoms with E-state index in [1.165, 1.54) is 6.07 Å². The minimum Gasteiger partial charge on any atom is -0.491 e. The van der Waals surface area contributed by atoms with Gasteiger partial charge in [0.1, 0.15) is 0 Å². The molecule has 0 atom stereocenters. The molecule has 1 aromatic rings. The van der Waals surface area contributed by atoms with Gasteiger partial charge >= 0.3 is 0 Å². The monoisotopic (exact) mass is 198 g/mol. The predicted octanol–water partition coefficient (Wildman–Crippen LogP) is 1.87. The van der Waals surface area contributed by atoms with E-state index in [1.54, 1.807) is 6.07 Å². The van der Waals surface area contributed by atoms with Gasteiger partial charge in [0.05, 0.1) is 18.0 Å². The number of ether oxygens (including phenoxy) is 1. The zero-order valence-corrected chi connectivity index (χ0v) is 8.67. The summed E-state index contributed by atoms with van der Waals surface area (Å²) in [5.41, 5.74) is 6.82. The van der Waals surface area contributed by atoms with Gasteiger partial charge in [-0.2, -0.15) is 0 Å². The smallest absolute Gasteiger partial charge is 0.167 e. The van der Waals surface area contributed by atoms with Gasteiger partial charge in [0.15, 0.2) is 11.6 Å². The summed E-state index contributed by atoms with van der Waals surface area (Å²) in [6, 6.07) is 2.88. The molecule has 0 saturated heterocycles. The van der Waals surface area contributed by atoms with Crippen LogP contribution in [0.1, 0.15) is 6.92 Å². The second-order valence-corrected chi connectivity index (χ2v) is 3.17. The van der Waals surface area contributed by atoms with Crippen LogP contribution in [0.2, 0.25) is 0 Å². The van der Waals surface area contributed by atoms with Crippen LogP contribution in [-0.2, 0) is 0 Å². The van der Waals surface area contributed by atoms with E-state index in [9.17, 15) is 4.39 Å². The van der Waals surface area contributed by atoms with Gasteiger partial charge in [-0.25, -0.2) is 4.39 Å². The summed E-state index contributed by atoms with van der Waals surface area (Å²) in [4.78, 5) is 1.82. The second kappa shape index (κ2) is 4.17. The molecule has 14 heavy (non-hydrogen) atoms. The fraction of sp³-hybridized carbons (Fsp3) is 0.400. The standard InChI is InChI=1S/C10H15FN2O/c1-4-14-10-6-9(13(2)3)8(12)5-7(10)11/h5-6H,4,12H2,1-3H3. The molecule has 0 heterocycles. The molecule has 0 aromatic heterocycles. The molecule has 0 fully saturated rings. The maximum atomic E-state index is 13.3. The maximum absolute atomic E-state index is 13.3. The van der Waals surface area contributed by atoms with E-state index in [2.05, 4.69) is 0 Å². The molecule has 0 amide bonds. The molecule has 0 aliphatic rings. The number of nitrogen functional groups attached to an aromatic ring is 1. The molecule has 0 saturated carbocycles. The lowest BCUT2D eigenvalue weighted by molar-refractivity contribution is 0.322. The Morgan fingerprint density at radius 1 is 1.43 bits per heavy atom. The number of hydrogen-bond donors (Lipinski definition) is 1. The molecule has 0 aliphatic heterocycles. The number of nitrogens with two attached hydrogens (primary N) is 1. The summed E-state index contributed by atoms with van der Waals surface area (Å²) in [5.74, 6) is -0.180. The highest BCUT2D eigenvalue weighted by atomic mass is 19.1. The van der Waals surface area contributed by atoms with Gasteiger partial charge in [-0.1, -0.05) is 0 Å². The molecule has 0 aliphatic carbocycles. The first-order valence-electron chi connectivity index (χ1n) is 4.45. The number of anilines is 2. The van der Waals surface area contributed by atoms with E-state index in [1.807, 2.05) is 25.9 Å². The Morgan fingerprint density at radius 2 is 2.07 bits per heavy atom. The zero-order chi connectivity index (χ0) is 10.7. The number of benzene rings is 1. The summed E-state index contributed by atoms with van der Waals surface area (Å²) in [6.07, 6.45) is 0. The predicted molar refractivity (Wildman–Crippen MR) is 56.3 cm³/mol. The van der Waals surface area contributed by atoms with Crippen molar-refractivity contribution in [3.05, 3.63) is 17.9 Å². The fourth-order valence-corrected chi connectivity index (χ4v) is 1.21. The summed E-state index contributed by atoms with van der Waals surface area (Å²) in [7, 11) is 3.69. The van der Waals surface area contributed by atoms with Crippen molar-refractivity contribution in [2.75, 3.05) is 31.3 Å². The van der Waals surface area contributed by atoms with E-state index in [4.69, 9.17) is 10.5 Å². The van der Waals surface area contributed by atoms with Gasteiger partial charge in [0.2, 0.25) is 0 Å². The highest BCUT2D eigenvalue weighted by molar-refractivity contribution is 5.69. The van der Waals surface area contributed by atoms with Crippen molar-refractivity contribution in [1.82, 2.24) is 0 Å². The van der Waals surface area contributed by atoms with E-state index in [0.717, 1.165) is 5.69 Å². The molecular weight excluding hydrogens is 183 g/mol. The van der Waals surface area contributed by atoms with Crippen LogP contribution in [-0.4, -0.2) is 20.7 Å². The third-order valence-electron chi connectivity index (χ3n) is 1.86. The van der Waals surface area contributed by atoms with Crippen LogP contribution in [0.25, 0.3) is 0 Å². The van der Waals surface area contributed by atoms with Gasteiger partial charge in [-0.05, 0) is 6.92 Å². The fourth-order valence-electron chi connectivity index (χ4n) is 1.21. The van der Waals surface area contributed by atoms with Crippen molar-refractivity contribution in [3.63, 3.8) is 0 Å². The first kappa shape index (κ1) is 10.6. The average Bonchev–Trinajstić information content (AvgIpc) is 2.09. The minimum atomic E-state index is -0.421. The normalized spacial score (nSPS) is 10.0. The summed E-state index contributed by atoms with van der Waals surface area (Å²) >= 11 is 0. The molecule has 3 nitrogen and oxygen atoms in total. The summed E-state index contributed by atoms with van der Waals surface area (Å²) in [5, 5.41) is 0. The van der Waals surface area contributed by atoms with Gasteiger partial charge < -0.3 is 15.4 Å². The van der Waals surface area contributed by atoms with Gasteiger partial charge in [0.25, 0.3) is 0 Å². The molecule has 1 rings (SSSR count). The molecule has 0 unspecified atom stereocenters. The number of nitrogens with zero attached hydrogens (tertiary/aromatic N) is 1. The van der Waals surface area contributed by atoms with Crippen molar-refractivity contribution in [1.29, 1.82) is 0 Å². The third-order valence-corrected chi connectivity index (χ3v) is 1.86. The molecule has 0 radical (unpaired) electrons. The lowest BCUT2D eigenvalue weighted by atomic mass is 10.2. The largest absolute Gasteiger partial charge is 0.491 e. The third kappa shape index (κ3) is 2.07. The lowest BCUT2D eigenvalue weighted by Gasteiger charge is -2.17. The maximum Gasteiger partial charge on any atom is 0.167 e. The Balaban J connectivity index is 3.13. The zero-order valence-electron chi connectivity index (χ0n) is 8.67. The highest BCUT2D eigenvalue weighted by Gasteiger charge is 2.09. The van der Waals surface area contributed by atoms with E-state index < -0.39 is 5.82 Å². The SMILES string of the molecule is CCOc1cc(N(C)C)c(N)cc1F. The number of rotatable bonds is 3. The van der Waals surface area contributed by atoms with Crippen LogP contribution in [0.15, 0.2) is 12.1 Å². The van der Waals surface area contributed by atoms with Crippen LogP contribution in [0.3, 0.4) is 0 Å². The molecule has 1 aromatic carbocycles. The molecular formula is C10H15FN2O. The van der Waals surface area contributed by atoms with Crippen LogP contribution >= 0.6 is 0 Å². The van der Waals surface area contributed by atoms with Gasteiger partial charge in [-0.15, -0.1) is 0 Å². The van der Waals surface area contributed by atoms with Crippen LogP contribution in [0.5, 0.6) is 5.75 Å². The Hall–Kier alpha value is -1.45. The molecule has 78 valence electrons. The first-order valence-corrected chi connectivity index (χ1v) is 4.45. The van der Waals surface area contributed by atoms with Gasteiger partial charge in [-0.3, -0.25) is 0 Å². The molecule has 2 N–H and O–H groups in total. The lowest BCUT2D eigenvalue weighted by Crippen LogP contribution is -2.12. The first-order chi connectivity index (χ1) is 6.56.